The van der Waals surface area contributed by atoms with E-state index in [-0.39, 0.29) is 37.7 Å². The van der Waals surface area contributed by atoms with Gasteiger partial charge in [-0.15, -0.1) is 0 Å². The fourth-order valence-electron chi connectivity index (χ4n) is 0.0745. The van der Waals surface area contributed by atoms with Crippen molar-refractivity contribution in [3.05, 3.63) is 0 Å². The minimum absolute atomic E-state index is 0. The standard InChI is InChI=1S/C4H10O2.O.Zn/c1-4(3-5)6-2;;/h4-5H,3H2,1-2H3;;/q;-2;+2. The summed E-state index contributed by atoms with van der Waals surface area (Å²) >= 11 is 0. The summed E-state index contributed by atoms with van der Waals surface area (Å²) in [5, 5.41) is 8.21. The van der Waals surface area contributed by atoms with Gasteiger partial charge in [0, 0.05) is 7.11 Å². The molecule has 0 saturated carbocycles. The molecule has 0 spiro atoms. The van der Waals surface area contributed by atoms with E-state index in [1.807, 2.05) is 0 Å². The first-order valence-corrected chi connectivity index (χ1v) is 1.95. The van der Waals surface area contributed by atoms with E-state index in [2.05, 4.69) is 4.74 Å². The molecule has 46 valence electrons. The molecular weight excluding hydrogens is 161 g/mol. The Balaban J connectivity index is -0.000000125. The van der Waals surface area contributed by atoms with Crippen LogP contribution in [0.25, 0.3) is 0 Å². The van der Waals surface area contributed by atoms with Gasteiger partial charge in [-0.2, -0.15) is 0 Å². The van der Waals surface area contributed by atoms with Gasteiger partial charge in [0.05, 0.1) is 12.7 Å². The SMILES string of the molecule is COC(C)CO.[O-2].[Zn+2]. The predicted octanol–water partition coefficient (Wildman–Crippen LogP) is -0.108. The monoisotopic (exact) mass is 170 g/mol. The van der Waals surface area contributed by atoms with Crippen LogP contribution in [0.2, 0.25) is 0 Å². The second kappa shape index (κ2) is 10.5. The molecule has 0 fully saturated rings. The number of rotatable bonds is 2. The van der Waals surface area contributed by atoms with Gasteiger partial charge in [-0.1, -0.05) is 0 Å². The second-order valence-electron chi connectivity index (χ2n) is 1.23. The molecule has 0 rings (SSSR count). The van der Waals surface area contributed by atoms with E-state index in [1.165, 1.54) is 0 Å². The number of aliphatic hydroxyl groups is 1. The van der Waals surface area contributed by atoms with Gasteiger partial charge in [-0.05, 0) is 6.92 Å². The molecule has 0 heterocycles. The summed E-state index contributed by atoms with van der Waals surface area (Å²) in [4.78, 5) is 0. The average Bonchev–Trinajstić information content (AvgIpc) is 1.65. The molecule has 0 aromatic heterocycles. The number of methoxy groups -OCH3 is 1. The van der Waals surface area contributed by atoms with Crippen molar-refractivity contribution in [2.45, 2.75) is 13.0 Å². The molecule has 0 saturated heterocycles. The van der Waals surface area contributed by atoms with Crippen molar-refractivity contribution < 1.29 is 34.8 Å². The molecule has 1 unspecified atom stereocenters. The molecule has 0 amide bonds. The zero-order valence-corrected chi connectivity index (χ0v) is 8.22. The van der Waals surface area contributed by atoms with Crippen molar-refractivity contribution in [1.29, 1.82) is 0 Å². The Morgan fingerprint density at radius 3 is 2.00 bits per heavy atom. The van der Waals surface area contributed by atoms with Crippen molar-refractivity contribution >= 4 is 0 Å². The molecule has 0 bridgehead atoms. The molecule has 1 atom stereocenters. The van der Waals surface area contributed by atoms with Crippen LogP contribution in [0.4, 0.5) is 0 Å². The van der Waals surface area contributed by atoms with E-state index in [0.717, 1.165) is 0 Å². The summed E-state index contributed by atoms with van der Waals surface area (Å²) in [6.45, 7) is 1.91. The van der Waals surface area contributed by atoms with Crippen LogP contribution in [0.5, 0.6) is 0 Å². The van der Waals surface area contributed by atoms with Crippen LogP contribution in [0.15, 0.2) is 0 Å². The minimum atomic E-state index is -0.00926. The molecule has 0 aromatic rings. The average molecular weight is 172 g/mol. The predicted molar refractivity (Wildman–Crippen MR) is 24.2 cm³/mol. The number of hydrogen-bond donors (Lipinski definition) is 1. The van der Waals surface area contributed by atoms with Crippen molar-refractivity contribution in [2.24, 2.45) is 0 Å². The van der Waals surface area contributed by atoms with Gasteiger partial charge >= 0.3 is 19.5 Å². The minimum Gasteiger partial charge on any atom is -2.00 e. The fraction of sp³-hybridized carbons (Fsp3) is 1.00. The van der Waals surface area contributed by atoms with Crippen molar-refractivity contribution in [2.75, 3.05) is 13.7 Å². The summed E-state index contributed by atoms with van der Waals surface area (Å²) in [7, 11) is 1.57. The maximum absolute atomic E-state index is 8.21. The third-order valence-electron chi connectivity index (χ3n) is 0.659. The first-order chi connectivity index (χ1) is 2.81. The molecule has 3 nitrogen and oxygen atoms in total. The topological polar surface area (TPSA) is 58.0 Å². The van der Waals surface area contributed by atoms with E-state index in [9.17, 15) is 0 Å². The quantitative estimate of drug-likeness (QED) is 0.590. The van der Waals surface area contributed by atoms with Crippen molar-refractivity contribution in [3.63, 3.8) is 0 Å². The van der Waals surface area contributed by atoms with Crippen LogP contribution < -0.4 is 0 Å². The largest absolute Gasteiger partial charge is 2.00 e. The van der Waals surface area contributed by atoms with Crippen LogP contribution in [0.3, 0.4) is 0 Å². The maximum Gasteiger partial charge on any atom is 2.00 e. The Hall–Kier alpha value is 0.503. The molecule has 4 heteroatoms. The van der Waals surface area contributed by atoms with E-state index in [1.54, 1.807) is 14.0 Å². The molecule has 0 aromatic carbocycles. The first kappa shape index (κ1) is 15.8. The van der Waals surface area contributed by atoms with E-state index in [4.69, 9.17) is 5.11 Å². The maximum atomic E-state index is 8.21. The van der Waals surface area contributed by atoms with Crippen molar-refractivity contribution in [1.82, 2.24) is 0 Å². The summed E-state index contributed by atoms with van der Waals surface area (Å²) in [5.41, 5.74) is 0. The third kappa shape index (κ3) is 9.71. The Morgan fingerprint density at radius 1 is 1.62 bits per heavy atom. The van der Waals surface area contributed by atoms with E-state index in [0.29, 0.717) is 0 Å². The van der Waals surface area contributed by atoms with Gasteiger partial charge in [-0.25, -0.2) is 0 Å². The van der Waals surface area contributed by atoms with Gasteiger partial charge in [-0.3, -0.25) is 0 Å². The Labute approximate surface area is 62.1 Å². The summed E-state index contributed by atoms with van der Waals surface area (Å²) in [5.74, 6) is 0. The first-order valence-electron chi connectivity index (χ1n) is 1.95. The molecule has 0 radical (unpaired) electrons. The Morgan fingerprint density at radius 2 is 2.00 bits per heavy atom. The summed E-state index contributed by atoms with van der Waals surface area (Å²) in [6.07, 6.45) is -0.00926. The van der Waals surface area contributed by atoms with E-state index >= 15 is 0 Å². The molecular formula is C4H10O3Zn. The molecule has 1 N–H and O–H groups in total. The molecule has 8 heavy (non-hydrogen) atoms. The van der Waals surface area contributed by atoms with Gasteiger partial charge in [0.2, 0.25) is 0 Å². The molecule has 0 aliphatic carbocycles. The van der Waals surface area contributed by atoms with E-state index < -0.39 is 0 Å². The van der Waals surface area contributed by atoms with Gasteiger partial charge in [0.1, 0.15) is 0 Å². The van der Waals surface area contributed by atoms with Gasteiger partial charge in [0.15, 0.2) is 0 Å². The smallest absolute Gasteiger partial charge is 2.00 e. The van der Waals surface area contributed by atoms with Crippen LogP contribution in [-0.4, -0.2) is 24.9 Å². The molecule has 0 aliphatic heterocycles. The third-order valence-corrected chi connectivity index (χ3v) is 0.659. The Kier molecular flexibility index (Phi) is 20.7. The van der Waals surface area contributed by atoms with Crippen LogP contribution in [0.1, 0.15) is 6.92 Å². The number of aliphatic hydroxyl groups excluding tert-OH is 1. The fourth-order valence-corrected chi connectivity index (χ4v) is 0.0745. The summed E-state index contributed by atoms with van der Waals surface area (Å²) in [6, 6.07) is 0. The second-order valence-corrected chi connectivity index (χ2v) is 1.23. The zero-order valence-electron chi connectivity index (χ0n) is 5.26. The van der Waals surface area contributed by atoms with Gasteiger partial charge < -0.3 is 15.3 Å². The zero-order chi connectivity index (χ0) is 4.99. The molecule has 0 aliphatic rings. The van der Waals surface area contributed by atoms with Gasteiger partial charge in [0.25, 0.3) is 0 Å². The summed E-state index contributed by atoms with van der Waals surface area (Å²) < 4.78 is 4.65. The van der Waals surface area contributed by atoms with Crippen LogP contribution in [0, 0.1) is 0 Å². The number of ether oxygens (including phenoxy) is 1. The van der Waals surface area contributed by atoms with Crippen LogP contribution in [-0.2, 0) is 29.7 Å². The van der Waals surface area contributed by atoms with Crippen molar-refractivity contribution in [3.8, 4) is 0 Å². The van der Waals surface area contributed by atoms with Crippen LogP contribution >= 0.6 is 0 Å². The Bertz CT molecular complexity index is 30.5. The normalized spacial score (nSPS) is 10.9. The number of hydrogen-bond acceptors (Lipinski definition) is 2.